The number of aryl methyl sites for hydroxylation is 1. The summed E-state index contributed by atoms with van der Waals surface area (Å²) < 4.78 is 0. The average molecular weight is 187 g/mol. The van der Waals surface area contributed by atoms with E-state index >= 15 is 0 Å². The molecule has 1 N–H and O–H groups in total. The highest BCUT2D eigenvalue weighted by molar-refractivity contribution is 5.39. The summed E-state index contributed by atoms with van der Waals surface area (Å²) in [4.78, 5) is 0. The van der Waals surface area contributed by atoms with Crippen LogP contribution in [0.5, 0.6) is 0 Å². The van der Waals surface area contributed by atoms with Gasteiger partial charge in [0.2, 0.25) is 0 Å². The lowest BCUT2D eigenvalue weighted by Gasteiger charge is -2.10. The highest BCUT2D eigenvalue weighted by atomic mass is 14.9. The summed E-state index contributed by atoms with van der Waals surface area (Å²) in [7, 11) is 0. The Hall–Kier alpha value is -1.26. The van der Waals surface area contributed by atoms with Crippen molar-refractivity contribution in [2.24, 2.45) is 0 Å². The monoisotopic (exact) mass is 187 g/mol. The molecule has 0 aliphatic carbocycles. The summed E-state index contributed by atoms with van der Waals surface area (Å²) in [6.07, 6.45) is 5.33. The number of rotatable bonds is 3. The molecule has 1 nitrogen and oxygen atoms in total. The number of nitrogens with one attached hydrogen (secondary N) is 1. The molecule has 0 atom stereocenters. The lowest BCUT2D eigenvalue weighted by molar-refractivity contribution is 0.587. The molecule has 14 heavy (non-hydrogen) atoms. The van der Waals surface area contributed by atoms with Gasteiger partial charge in [0.1, 0.15) is 0 Å². The number of hydrogen-bond acceptors (Lipinski definition) is 1. The maximum Gasteiger partial charge on any atom is 0.0245 e. The van der Waals surface area contributed by atoms with E-state index in [9.17, 15) is 0 Å². The first kappa shape index (κ1) is 10.8. The van der Waals surface area contributed by atoms with Crippen molar-refractivity contribution in [2.75, 3.05) is 0 Å². The van der Waals surface area contributed by atoms with Crippen molar-refractivity contribution in [3.8, 4) is 12.3 Å². The minimum absolute atomic E-state index is 0.515. The number of hydrogen-bond donors (Lipinski definition) is 1. The van der Waals surface area contributed by atoms with Crippen LogP contribution >= 0.6 is 0 Å². The summed E-state index contributed by atoms with van der Waals surface area (Å²) in [5.41, 5.74) is 3.53. The molecule has 1 heteroatoms. The Bertz CT molecular complexity index is 345. The second-order valence-corrected chi connectivity index (χ2v) is 3.82. The van der Waals surface area contributed by atoms with E-state index in [-0.39, 0.29) is 0 Å². The van der Waals surface area contributed by atoms with E-state index in [1.807, 2.05) is 6.07 Å². The first-order valence-electron chi connectivity index (χ1n) is 4.93. The Morgan fingerprint density at radius 2 is 2.14 bits per heavy atom. The van der Waals surface area contributed by atoms with E-state index in [1.165, 1.54) is 11.1 Å². The zero-order valence-corrected chi connectivity index (χ0v) is 9.09. The van der Waals surface area contributed by atoms with Crippen LogP contribution in [0.3, 0.4) is 0 Å². The van der Waals surface area contributed by atoms with E-state index in [2.05, 4.69) is 44.1 Å². The molecule has 0 heterocycles. The van der Waals surface area contributed by atoms with E-state index in [0.717, 1.165) is 12.1 Å². The number of benzene rings is 1. The van der Waals surface area contributed by atoms with Crippen molar-refractivity contribution in [1.82, 2.24) is 5.32 Å². The lowest BCUT2D eigenvalue weighted by atomic mass is 10.1. The van der Waals surface area contributed by atoms with E-state index in [0.29, 0.717) is 6.04 Å². The number of terminal acetylenes is 1. The molecule has 74 valence electrons. The van der Waals surface area contributed by atoms with Gasteiger partial charge in [-0.25, -0.2) is 0 Å². The van der Waals surface area contributed by atoms with Gasteiger partial charge in [0.15, 0.2) is 0 Å². The van der Waals surface area contributed by atoms with Crippen molar-refractivity contribution in [3.63, 3.8) is 0 Å². The van der Waals surface area contributed by atoms with Gasteiger partial charge < -0.3 is 5.32 Å². The van der Waals surface area contributed by atoms with Crippen LogP contribution < -0.4 is 5.32 Å². The molecule has 0 unspecified atom stereocenters. The summed E-state index contributed by atoms with van der Waals surface area (Å²) >= 11 is 0. The smallest absolute Gasteiger partial charge is 0.0245 e. The molecule has 0 aliphatic heterocycles. The third-order valence-corrected chi connectivity index (χ3v) is 2.21. The van der Waals surface area contributed by atoms with Crippen LogP contribution in [0.15, 0.2) is 18.2 Å². The summed E-state index contributed by atoms with van der Waals surface area (Å²) in [5, 5.41) is 3.39. The molecule has 0 saturated heterocycles. The molecule has 1 aromatic rings. The van der Waals surface area contributed by atoms with Crippen molar-refractivity contribution in [2.45, 2.75) is 33.4 Å². The predicted molar refractivity (Wildman–Crippen MR) is 61.1 cm³/mol. The van der Waals surface area contributed by atoms with Crippen LogP contribution in [-0.2, 0) is 6.54 Å². The van der Waals surface area contributed by atoms with Crippen LogP contribution in [0.25, 0.3) is 0 Å². The largest absolute Gasteiger partial charge is 0.310 e. The fourth-order valence-electron chi connectivity index (χ4n) is 1.30. The summed E-state index contributed by atoms with van der Waals surface area (Å²) in [5.74, 6) is 2.64. The van der Waals surface area contributed by atoms with E-state index < -0.39 is 0 Å². The molecule has 0 spiro atoms. The second kappa shape index (κ2) is 4.83. The van der Waals surface area contributed by atoms with E-state index in [1.54, 1.807) is 0 Å². The van der Waals surface area contributed by atoms with Crippen molar-refractivity contribution in [1.29, 1.82) is 0 Å². The SMILES string of the molecule is C#Cc1ccc(CNC(C)C)c(C)c1. The highest BCUT2D eigenvalue weighted by Crippen LogP contribution is 2.10. The molecule has 1 aromatic carbocycles. The first-order chi connectivity index (χ1) is 6.63. The average Bonchev–Trinajstić information content (AvgIpc) is 2.15. The van der Waals surface area contributed by atoms with Crippen molar-refractivity contribution in [3.05, 3.63) is 34.9 Å². The highest BCUT2D eigenvalue weighted by Gasteiger charge is 1.99. The molecule has 0 aliphatic rings. The predicted octanol–water partition coefficient (Wildman–Crippen LogP) is 2.47. The molecule has 0 amide bonds. The second-order valence-electron chi connectivity index (χ2n) is 3.82. The van der Waals surface area contributed by atoms with Gasteiger partial charge in [-0.3, -0.25) is 0 Å². The van der Waals surface area contributed by atoms with Gasteiger partial charge >= 0.3 is 0 Å². The van der Waals surface area contributed by atoms with Crippen molar-refractivity contribution >= 4 is 0 Å². The third-order valence-electron chi connectivity index (χ3n) is 2.21. The Labute approximate surface area is 86.5 Å². The van der Waals surface area contributed by atoms with E-state index in [4.69, 9.17) is 6.42 Å². The Balaban J connectivity index is 2.75. The fraction of sp³-hybridized carbons (Fsp3) is 0.385. The minimum atomic E-state index is 0.515. The van der Waals surface area contributed by atoms with Gasteiger partial charge in [-0.1, -0.05) is 25.8 Å². The molecule has 0 fully saturated rings. The Morgan fingerprint density at radius 3 is 2.64 bits per heavy atom. The maximum absolute atomic E-state index is 5.33. The van der Waals surface area contributed by atoms with Crippen LogP contribution in [0.1, 0.15) is 30.5 Å². The Kier molecular flexibility index (Phi) is 3.73. The molecule has 0 bridgehead atoms. The van der Waals surface area contributed by atoms with Gasteiger partial charge in [-0.2, -0.15) is 0 Å². The van der Waals surface area contributed by atoms with Crippen LogP contribution in [0, 0.1) is 19.3 Å². The van der Waals surface area contributed by atoms with Gasteiger partial charge in [0.25, 0.3) is 0 Å². The third kappa shape index (κ3) is 2.90. The molecule has 0 radical (unpaired) electrons. The first-order valence-corrected chi connectivity index (χ1v) is 4.93. The topological polar surface area (TPSA) is 12.0 Å². The molecule has 1 rings (SSSR count). The summed E-state index contributed by atoms with van der Waals surface area (Å²) in [6.45, 7) is 7.29. The zero-order chi connectivity index (χ0) is 10.6. The maximum atomic E-state index is 5.33. The minimum Gasteiger partial charge on any atom is -0.310 e. The molecule has 0 aromatic heterocycles. The zero-order valence-electron chi connectivity index (χ0n) is 9.09. The van der Waals surface area contributed by atoms with Gasteiger partial charge in [-0.15, -0.1) is 6.42 Å². The van der Waals surface area contributed by atoms with Crippen LogP contribution in [-0.4, -0.2) is 6.04 Å². The molecule has 0 saturated carbocycles. The van der Waals surface area contributed by atoms with Crippen LogP contribution in [0.2, 0.25) is 0 Å². The van der Waals surface area contributed by atoms with Crippen molar-refractivity contribution < 1.29 is 0 Å². The quantitative estimate of drug-likeness (QED) is 0.717. The standard InChI is InChI=1S/C13H17N/c1-5-12-6-7-13(11(4)8-12)9-14-10(2)3/h1,6-8,10,14H,9H2,2-4H3. The van der Waals surface area contributed by atoms with Gasteiger partial charge in [0.05, 0.1) is 0 Å². The fourth-order valence-corrected chi connectivity index (χ4v) is 1.30. The Morgan fingerprint density at radius 1 is 1.43 bits per heavy atom. The summed E-state index contributed by atoms with van der Waals surface area (Å²) in [6, 6.07) is 6.66. The van der Waals surface area contributed by atoms with Gasteiger partial charge in [0, 0.05) is 18.2 Å². The van der Waals surface area contributed by atoms with Crippen LogP contribution in [0.4, 0.5) is 0 Å². The van der Waals surface area contributed by atoms with Gasteiger partial charge in [-0.05, 0) is 30.2 Å². The lowest BCUT2D eigenvalue weighted by Crippen LogP contribution is -2.22. The normalized spacial score (nSPS) is 10.2. The molecular formula is C13H17N. The molecular weight excluding hydrogens is 170 g/mol.